The number of hydrogen-bond donors (Lipinski definition) is 2. The molecule has 0 aliphatic heterocycles. The fourth-order valence-corrected chi connectivity index (χ4v) is 3.59. The molecule has 86 valence electrons. The molecule has 1 aromatic heterocycles. The molecule has 15 heavy (non-hydrogen) atoms. The average Bonchev–Trinajstić information content (AvgIpc) is 2.52. The highest BCUT2D eigenvalue weighted by Gasteiger charge is 2.16. The Labute approximate surface area is 102 Å². The van der Waals surface area contributed by atoms with E-state index in [0.717, 1.165) is 9.35 Å². The van der Waals surface area contributed by atoms with Gasteiger partial charge in [0.05, 0.1) is 11.8 Å². The van der Waals surface area contributed by atoms with Crippen LogP contribution < -0.4 is 11.3 Å². The lowest BCUT2D eigenvalue weighted by Gasteiger charge is -2.14. The van der Waals surface area contributed by atoms with Crippen molar-refractivity contribution >= 4 is 37.1 Å². The van der Waals surface area contributed by atoms with E-state index in [0.29, 0.717) is 6.42 Å². The summed E-state index contributed by atoms with van der Waals surface area (Å²) in [5.41, 5.74) is 2.63. The Hall–Kier alpha value is 0.0500. The van der Waals surface area contributed by atoms with E-state index < -0.39 is 9.84 Å². The molecule has 0 spiro atoms. The fourth-order valence-electron chi connectivity index (χ4n) is 1.18. The van der Waals surface area contributed by atoms with Gasteiger partial charge in [-0.3, -0.25) is 11.3 Å². The number of nitrogens with two attached hydrogens (primary N) is 1. The van der Waals surface area contributed by atoms with Crippen LogP contribution in [-0.4, -0.2) is 20.4 Å². The van der Waals surface area contributed by atoms with E-state index in [1.54, 1.807) is 11.3 Å². The molecule has 1 atom stereocenters. The van der Waals surface area contributed by atoms with Crippen molar-refractivity contribution in [1.29, 1.82) is 0 Å². The van der Waals surface area contributed by atoms with Gasteiger partial charge in [0, 0.05) is 15.6 Å². The third-order valence-electron chi connectivity index (χ3n) is 1.94. The molecule has 7 heteroatoms. The summed E-state index contributed by atoms with van der Waals surface area (Å²) in [6.45, 7) is 0. The predicted molar refractivity (Wildman–Crippen MR) is 66.4 cm³/mol. The number of sulfone groups is 1. The molecule has 0 amide bonds. The van der Waals surface area contributed by atoms with E-state index in [4.69, 9.17) is 5.84 Å². The van der Waals surface area contributed by atoms with E-state index in [9.17, 15) is 8.42 Å². The maximum Gasteiger partial charge on any atom is 0.147 e. The number of halogens is 1. The Morgan fingerprint density at radius 1 is 1.67 bits per heavy atom. The fraction of sp³-hybridized carbons (Fsp3) is 0.500. The van der Waals surface area contributed by atoms with Gasteiger partial charge in [-0.15, -0.1) is 11.3 Å². The van der Waals surface area contributed by atoms with Gasteiger partial charge in [0.1, 0.15) is 9.84 Å². The van der Waals surface area contributed by atoms with Crippen molar-refractivity contribution in [2.75, 3.05) is 12.0 Å². The molecule has 0 aliphatic carbocycles. The maximum absolute atomic E-state index is 11.0. The van der Waals surface area contributed by atoms with Gasteiger partial charge in [-0.2, -0.15) is 0 Å². The van der Waals surface area contributed by atoms with Gasteiger partial charge in [0.25, 0.3) is 0 Å². The second-order valence-corrected chi connectivity index (χ2v) is 7.33. The van der Waals surface area contributed by atoms with E-state index in [2.05, 4.69) is 21.4 Å². The Balaban J connectivity index is 2.70. The smallest absolute Gasteiger partial charge is 0.147 e. The van der Waals surface area contributed by atoms with E-state index in [1.807, 2.05) is 11.4 Å². The first kappa shape index (κ1) is 13.1. The molecule has 1 rings (SSSR count). The summed E-state index contributed by atoms with van der Waals surface area (Å²) in [5, 5.41) is 1.93. The Morgan fingerprint density at radius 2 is 2.33 bits per heavy atom. The average molecular weight is 313 g/mol. The summed E-state index contributed by atoms with van der Waals surface area (Å²) in [4.78, 5) is 1.03. The van der Waals surface area contributed by atoms with Crippen molar-refractivity contribution in [3.8, 4) is 0 Å². The summed E-state index contributed by atoms with van der Waals surface area (Å²) >= 11 is 4.94. The SMILES string of the molecule is CS(=O)(=O)CCC(NN)c1sccc1Br. The van der Waals surface area contributed by atoms with Gasteiger partial charge in [-0.1, -0.05) is 0 Å². The first-order valence-corrected chi connectivity index (χ1v) is 8.04. The van der Waals surface area contributed by atoms with Crippen LogP contribution in [0.2, 0.25) is 0 Å². The number of hydrogen-bond acceptors (Lipinski definition) is 5. The van der Waals surface area contributed by atoms with Gasteiger partial charge in [-0.05, 0) is 33.8 Å². The summed E-state index contributed by atoms with van der Waals surface area (Å²) < 4.78 is 23.0. The van der Waals surface area contributed by atoms with Gasteiger partial charge in [0.15, 0.2) is 0 Å². The van der Waals surface area contributed by atoms with Crippen molar-refractivity contribution in [1.82, 2.24) is 5.43 Å². The zero-order valence-electron chi connectivity index (χ0n) is 8.23. The molecule has 1 unspecified atom stereocenters. The van der Waals surface area contributed by atoms with Crippen LogP contribution in [0.1, 0.15) is 17.3 Å². The standard InChI is InChI=1S/C8H13BrN2O2S2/c1-15(12,13)5-3-7(11-10)8-6(9)2-4-14-8/h2,4,7,11H,3,5,10H2,1H3. The Bertz CT molecular complexity index is 416. The molecule has 1 aromatic rings. The van der Waals surface area contributed by atoms with Crippen molar-refractivity contribution in [2.45, 2.75) is 12.5 Å². The lowest BCUT2D eigenvalue weighted by Crippen LogP contribution is -2.29. The molecule has 0 radical (unpaired) electrons. The molecule has 4 nitrogen and oxygen atoms in total. The predicted octanol–water partition coefficient (Wildman–Crippen LogP) is 1.45. The molecular weight excluding hydrogens is 300 g/mol. The van der Waals surface area contributed by atoms with Gasteiger partial charge >= 0.3 is 0 Å². The van der Waals surface area contributed by atoms with E-state index in [-0.39, 0.29) is 11.8 Å². The van der Waals surface area contributed by atoms with Crippen LogP contribution in [0.25, 0.3) is 0 Å². The minimum Gasteiger partial charge on any atom is -0.271 e. The molecule has 0 saturated carbocycles. The summed E-state index contributed by atoms with van der Waals surface area (Å²) in [6, 6.07) is 1.80. The Kier molecular flexibility index (Phi) is 4.72. The van der Waals surface area contributed by atoms with Crippen LogP contribution in [0.3, 0.4) is 0 Å². The van der Waals surface area contributed by atoms with Crippen LogP contribution in [0.4, 0.5) is 0 Å². The second kappa shape index (κ2) is 5.40. The number of rotatable bonds is 5. The van der Waals surface area contributed by atoms with Crippen molar-refractivity contribution in [2.24, 2.45) is 5.84 Å². The first-order chi connectivity index (χ1) is 6.94. The highest BCUT2D eigenvalue weighted by Crippen LogP contribution is 2.30. The molecule has 3 N–H and O–H groups in total. The number of hydrazine groups is 1. The normalized spacial score (nSPS) is 14.1. The molecule has 1 heterocycles. The summed E-state index contributed by atoms with van der Waals surface area (Å²) in [6.07, 6.45) is 1.71. The maximum atomic E-state index is 11.0. The van der Waals surface area contributed by atoms with Gasteiger partial charge in [0.2, 0.25) is 0 Å². The number of thiophene rings is 1. The van der Waals surface area contributed by atoms with Crippen molar-refractivity contribution in [3.05, 3.63) is 20.8 Å². The minimum atomic E-state index is -2.94. The zero-order chi connectivity index (χ0) is 11.5. The van der Waals surface area contributed by atoms with Crippen LogP contribution in [-0.2, 0) is 9.84 Å². The third-order valence-corrected chi connectivity index (χ3v) is 4.90. The molecule has 0 fully saturated rings. The quantitative estimate of drug-likeness (QED) is 0.637. The van der Waals surface area contributed by atoms with E-state index in [1.165, 1.54) is 6.26 Å². The zero-order valence-corrected chi connectivity index (χ0v) is 11.5. The highest BCUT2D eigenvalue weighted by atomic mass is 79.9. The van der Waals surface area contributed by atoms with Crippen LogP contribution in [0, 0.1) is 0 Å². The summed E-state index contributed by atoms with van der Waals surface area (Å²) in [5.74, 6) is 5.53. The van der Waals surface area contributed by atoms with Gasteiger partial charge < -0.3 is 0 Å². The van der Waals surface area contributed by atoms with E-state index >= 15 is 0 Å². The molecule has 0 aliphatic rings. The molecule has 0 bridgehead atoms. The van der Waals surface area contributed by atoms with Crippen molar-refractivity contribution in [3.63, 3.8) is 0 Å². The molecule has 0 saturated heterocycles. The minimum absolute atomic E-state index is 0.117. The van der Waals surface area contributed by atoms with Crippen LogP contribution >= 0.6 is 27.3 Å². The first-order valence-electron chi connectivity index (χ1n) is 4.31. The van der Waals surface area contributed by atoms with Crippen LogP contribution in [0.5, 0.6) is 0 Å². The Morgan fingerprint density at radius 3 is 2.73 bits per heavy atom. The molecular formula is C8H13BrN2O2S2. The lowest BCUT2D eigenvalue weighted by molar-refractivity contribution is 0.537. The highest BCUT2D eigenvalue weighted by molar-refractivity contribution is 9.10. The summed E-state index contributed by atoms with van der Waals surface area (Å²) in [7, 11) is -2.94. The van der Waals surface area contributed by atoms with Gasteiger partial charge in [-0.25, -0.2) is 8.42 Å². The second-order valence-electron chi connectivity index (χ2n) is 3.27. The largest absolute Gasteiger partial charge is 0.271 e. The number of nitrogens with one attached hydrogen (secondary N) is 1. The molecule has 0 aromatic carbocycles. The lowest BCUT2D eigenvalue weighted by atomic mass is 10.2. The van der Waals surface area contributed by atoms with Crippen LogP contribution in [0.15, 0.2) is 15.9 Å². The monoisotopic (exact) mass is 312 g/mol. The third kappa shape index (κ3) is 4.20. The topological polar surface area (TPSA) is 72.2 Å². The van der Waals surface area contributed by atoms with Crippen molar-refractivity contribution < 1.29 is 8.42 Å².